The highest BCUT2D eigenvalue weighted by molar-refractivity contribution is 6.23. The van der Waals surface area contributed by atoms with Gasteiger partial charge in [-0.05, 0) is 36.5 Å². The summed E-state index contributed by atoms with van der Waals surface area (Å²) in [7, 11) is 3.12. The molecule has 2 fully saturated rings. The predicted octanol–water partition coefficient (Wildman–Crippen LogP) is 1.15. The average Bonchev–Trinajstić information content (AvgIpc) is 3.03. The summed E-state index contributed by atoms with van der Waals surface area (Å²) in [5.74, 6) is 0.549. The molecule has 3 unspecified atom stereocenters. The van der Waals surface area contributed by atoms with Crippen LogP contribution < -0.4 is 0 Å². The SMILES string of the molecule is CC1CN(CC2=[N+](Cc3ccc(F)cc3)C3C(=O)N(C)C(=O)N(C)C3=N2)CC(C)O1. The van der Waals surface area contributed by atoms with E-state index in [4.69, 9.17) is 9.73 Å². The molecule has 3 aliphatic heterocycles. The van der Waals surface area contributed by atoms with Crippen molar-refractivity contribution in [2.45, 2.75) is 38.6 Å². The van der Waals surface area contributed by atoms with Crippen LogP contribution in [0.3, 0.4) is 0 Å². The van der Waals surface area contributed by atoms with Crippen LogP contribution in [0.4, 0.5) is 9.18 Å². The van der Waals surface area contributed by atoms with Crippen LogP contribution in [0, 0.1) is 5.82 Å². The fraction of sp³-hybridized carbons (Fsp3) is 0.524. The Bertz CT molecular complexity index is 919. The zero-order valence-corrected chi connectivity index (χ0v) is 17.7. The molecule has 1 aromatic carbocycles. The first-order chi connectivity index (χ1) is 14.2. The van der Waals surface area contributed by atoms with Crippen LogP contribution in [0.5, 0.6) is 0 Å². The fourth-order valence-electron chi connectivity index (χ4n) is 4.36. The van der Waals surface area contributed by atoms with Crippen molar-refractivity contribution in [1.82, 2.24) is 14.7 Å². The smallest absolute Gasteiger partial charge is 0.333 e. The van der Waals surface area contributed by atoms with Crippen molar-refractivity contribution in [3.8, 4) is 0 Å². The van der Waals surface area contributed by atoms with Crippen LogP contribution in [0.25, 0.3) is 0 Å². The Labute approximate surface area is 175 Å². The maximum absolute atomic E-state index is 13.4. The first kappa shape index (κ1) is 20.6. The second kappa shape index (κ2) is 7.88. The first-order valence-electron chi connectivity index (χ1n) is 10.1. The molecule has 0 aromatic heterocycles. The number of halogens is 1. The van der Waals surface area contributed by atoms with Crippen molar-refractivity contribution in [2.24, 2.45) is 4.99 Å². The summed E-state index contributed by atoms with van der Waals surface area (Å²) in [4.78, 5) is 35.0. The van der Waals surface area contributed by atoms with E-state index in [-0.39, 0.29) is 23.9 Å². The van der Waals surface area contributed by atoms with E-state index in [1.807, 2.05) is 18.4 Å². The summed E-state index contributed by atoms with van der Waals surface area (Å²) >= 11 is 0. The molecular formula is C21H27FN5O3+. The molecule has 30 heavy (non-hydrogen) atoms. The van der Waals surface area contributed by atoms with Crippen molar-refractivity contribution in [3.63, 3.8) is 0 Å². The van der Waals surface area contributed by atoms with E-state index in [1.54, 1.807) is 19.2 Å². The number of carbonyl (C=O) groups is 2. The van der Waals surface area contributed by atoms with Gasteiger partial charge >= 0.3 is 11.9 Å². The van der Waals surface area contributed by atoms with Crippen LogP contribution in [0.1, 0.15) is 19.4 Å². The molecule has 0 aliphatic carbocycles. The molecule has 8 nitrogen and oxygen atoms in total. The molecule has 2 saturated heterocycles. The van der Waals surface area contributed by atoms with Gasteiger partial charge in [-0.15, -0.1) is 0 Å². The number of urea groups is 1. The van der Waals surface area contributed by atoms with Crippen molar-refractivity contribution in [3.05, 3.63) is 35.6 Å². The summed E-state index contributed by atoms with van der Waals surface area (Å²) in [6, 6.07) is 5.15. The van der Waals surface area contributed by atoms with Crippen molar-refractivity contribution in [1.29, 1.82) is 0 Å². The van der Waals surface area contributed by atoms with E-state index in [0.717, 1.165) is 29.4 Å². The Morgan fingerprint density at radius 1 is 1.10 bits per heavy atom. The third-order valence-corrected chi connectivity index (χ3v) is 5.74. The number of hydrogen-bond acceptors (Lipinski definition) is 5. The Balaban J connectivity index is 1.69. The van der Waals surface area contributed by atoms with E-state index in [0.29, 0.717) is 18.9 Å². The zero-order valence-electron chi connectivity index (χ0n) is 17.7. The Morgan fingerprint density at radius 3 is 2.37 bits per heavy atom. The molecule has 3 atom stereocenters. The van der Waals surface area contributed by atoms with E-state index in [9.17, 15) is 14.0 Å². The molecule has 1 aromatic rings. The van der Waals surface area contributed by atoms with Gasteiger partial charge in [-0.1, -0.05) is 12.1 Å². The number of amidine groups is 2. The topological polar surface area (TPSA) is 68.5 Å². The number of carbonyl (C=O) groups excluding carboxylic acids is 2. The largest absolute Gasteiger partial charge is 0.373 e. The quantitative estimate of drug-likeness (QED) is 0.691. The molecule has 0 spiro atoms. The summed E-state index contributed by atoms with van der Waals surface area (Å²) in [6.45, 7) is 6.53. The minimum atomic E-state index is -0.673. The number of likely N-dealkylation sites (N-methyl/N-ethyl adjacent to an activating group) is 2. The lowest BCUT2D eigenvalue weighted by molar-refractivity contribution is -0.552. The Kier molecular flexibility index (Phi) is 5.42. The number of hydrogen-bond donors (Lipinski definition) is 0. The number of morpholine rings is 1. The predicted molar refractivity (Wildman–Crippen MR) is 109 cm³/mol. The number of amides is 3. The van der Waals surface area contributed by atoms with Crippen molar-refractivity contribution in [2.75, 3.05) is 33.7 Å². The van der Waals surface area contributed by atoms with Crippen LogP contribution in [0.2, 0.25) is 0 Å². The molecular weight excluding hydrogens is 389 g/mol. The summed E-state index contributed by atoms with van der Waals surface area (Å²) in [5.41, 5.74) is 0.865. The molecule has 9 heteroatoms. The second-order valence-electron chi connectivity index (χ2n) is 8.23. The van der Waals surface area contributed by atoms with E-state index >= 15 is 0 Å². The zero-order chi connectivity index (χ0) is 21.6. The van der Waals surface area contributed by atoms with Gasteiger partial charge < -0.3 is 4.74 Å². The maximum Gasteiger partial charge on any atom is 0.333 e. The monoisotopic (exact) mass is 416 g/mol. The molecule has 4 rings (SSSR count). The van der Waals surface area contributed by atoms with E-state index in [2.05, 4.69) is 4.90 Å². The lowest BCUT2D eigenvalue weighted by Crippen LogP contribution is -2.61. The van der Waals surface area contributed by atoms with Gasteiger partial charge in [-0.3, -0.25) is 19.5 Å². The number of imide groups is 1. The Hall–Kier alpha value is -2.65. The third-order valence-electron chi connectivity index (χ3n) is 5.74. The standard InChI is InChI=1S/C21H27FN5O3/c1-13-9-26(10-14(2)30-13)12-17-23-19-18(20(28)25(4)21(29)24(19)3)27(17)11-15-5-7-16(22)8-6-15/h5-8,13-14,18H,9-12H2,1-4H3/q+1. The molecule has 3 heterocycles. The number of ether oxygens (including phenoxy) is 1. The summed E-state index contributed by atoms with van der Waals surface area (Å²) in [5, 5.41) is 0. The van der Waals surface area contributed by atoms with Crippen LogP contribution >= 0.6 is 0 Å². The van der Waals surface area contributed by atoms with Crippen molar-refractivity contribution >= 4 is 23.6 Å². The number of benzene rings is 1. The summed E-state index contributed by atoms with van der Waals surface area (Å²) in [6.07, 6.45) is 0.210. The van der Waals surface area contributed by atoms with E-state index < -0.39 is 12.1 Å². The fourth-order valence-corrected chi connectivity index (χ4v) is 4.36. The molecule has 3 amide bonds. The third kappa shape index (κ3) is 3.75. The van der Waals surface area contributed by atoms with Gasteiger partial charge in [0.15, 0.2) is 0 Å². The molecule has 3 aliphatic rings. The van der Waals surface area contributed by atoms with Gasteiger partial charge in [0.25, 0.3) is 17.8 Å². The van der Waals surface area contributed by atoms with Gasteiger partial charge in [0.1, 0.15) is 18.9 Å². The van der Waals surface area contributed by atoms with Gasteiger partial charge in [-0.25, -0.2) is 13.8 Å². The highest BCUT2D eigenvalue weighted by atomic mass is 19.1. The number of nitrogens with zero attached hydrogens (tertiary/aromatic N) is 5. The minimum absolute atomic E-state index is 0.105. The molecule has 160 valence electrons. The highest BCUT2D eigenvalue weighted by Gasteiger charge is 2.53. The number of rotatable bonds is 4. The van der Waals surface area contributed by atoms with Gasteiger partial charge in [0.2, 0.25) is 0 Å². The lowest BCUT2D eigenvalue weighted by atomic mass is 10.1. The lowest BCUT2D eigenvalue weighted by Gasteiger charge is -2.34. The van der Waals surface area contributed by atoms with Gasteiger partial charge in [0.05, 0.1) is 12.2 Å². The highest BCUT2D eigenvalue weighted by Crippen LogP contribution is 2.22. The normalized spacial score (nSPS) is 27.6. The number of aliphatic imine (C=N–C) groups is 1. The summed E-state index contributed by atoms with van der Waals surface area (Å²) < 4.78 is 21.1. The van der Waals surface area contributed by atoms with Crippen LogP contribution in [0.15, 0.2) is 29.3 Å². The molecule has 0 radical (unpaired) electrons. The minimum Gasteiger partial charge on any atom is -0.373 e. The van der Waals surface area contributed by atoms with Crippen LogP contribution in [-0.4, -0.2) is 94.9 Å². The number of fused-ring (bicyclic) bond motifs is 1. The van der Waals surface area contributed by atoms with Crippen LogP contribution in [-0.2, 0) is 16.1 Å². The average molecular weight is 416 g/mol. The molecule has 0 N–H and O–H groups in total. The first-order valence-corrected chi connectivity index (χ1v) is 10.1. The molecule has 0 saturated carbocycles. The van der Waals surface area contributed by atoms with E-state index in [1.165, 1.54) is 24.1 Å². The molecule has 0 bridgehead atoms. The van der Waals surface area contributed by atoms with Gasteiger partial charge in [0, 0.05) is 27.2 Å². The second-order valence-corrected chi connectivity index (χ2v) is 8.23. The van der Waals surface area contributed by atoms with Crippen molar-refractivity contribution < 1.29 is 23.3 Å². The maximum atomic E-state index is 13.4. The Morgan fingerprint density at radius 2 is 1.73 bits per heavy atom. The van der Waals surface area contributed by atoms with Gasteiger partial charge in [-0.2, -0.15) is 0 Å².